The van der Waals surface area contributed by atoms with Crippen molar-refractivity contribution in [1.29, 1.82) is 0 Å². The van der Waals surface area contributed by atoms with Crippen LogP contribution >= 0.6 is 0 Å². The van der Waals surface area contributed by atoms with E-state index in [-0.39, 0.29) is 5.92 Å². The number of aromatic nitrogens is 3. The molecule has 0 radical (unpaired) electrons. The molecular formula is C48H30N4. The Bertz CT molecular complexity index is 2770. The van der Waals surface area contributed by atoms with Crippen LogP contribution in [-0.2, 0) is 0 Å². The van der Waals surface area contributed by atoms with Gasteiger partial charge in [-0.2, -0.15) is 0 Å². The molecule has 1 aliphatic rings. The normalized spacial score (nSPS) is 13.2. The Balaban J connectivity index is 1.34. The van der Waals surface area contributed by atoms with Crippen molar-refractivity contribution >= 4 is 27.5 Å². The molecule has 0 fully saturated rings. The van der Waals surface area contributed by atoms with Crippen LogP contribution in [0.2, 0.25) is 0 Å². The Kier molecular flexibility index (Phi) is 6.90. The highest BCUT2D eigenvalue weighted by atomic mass is 15.0. The maximum absolute atomic E-state index is 8.32. The molecule has 242 valence electrons. The van der Waals surface area contributed by atoms with Gasteiger partial charge in [0.2, 0.25) is 5.69 Å². The fourth-order valence-corrected chi connectivity index (χ4v) is 8.17. The number of nitrogens with zero attached hydrogens (tertiary/aromatic N) is 4. The zero-order valence-corrected chi connectivity index (χ0v) is 28.1. The van der Waals surface area contributed by atoms with Crippen LogP contribution in [0.4, 0.5) is 5.69 Å². The van der Waals surface area contributed by atoms with Gasteiger partial charge >= 0.3 is 0 Å². The monoisotopic (exact) mass is 662 g/mol. The molecule has 2 heterocycles. The summed E-state index contributed by atoms with van der Waals surface area (Å²) in [6.45, 7) is 8.32. The van der Waals surface area contributed by atoms with E-state index in [0.717, 1.165) is 39.0 Å². The molecule has 10 rings (SSSR count). The minimum atomic E-state index is 0.0269. The molecule has 0 saturated heterocycles. The first-order valence-corrected chi connectivity index (χ1v) is 17.5. The summed E-state index contributed by atoms with van der Waals surface area (Å²) in [5, 5.41) is 2.42. The van der Waals surface area contributed by atoms with E-state index in [1.807, 2.05) is 60.7 Å². The topological polar surface area (TPSA) is 35.1 Å². The summed E-state index contributed by atoms with van der Waals surface area (Å²) in [5.41, 5.74) is 14.0. The molecule has 9 aromatic rings. The van der Waals surface area contributed by atoms with Gasteiger partial charge in [0.1, 0.15) is 0 Å². The zero-order chi connectivity index (χ0) is 34.6. The molecule has 0 spiro atoms. The van der Waals surface area contributed by atoms with Gasteiger partial charge < -0.3 is 4.57 Å². The van der Waals surface area contributed by atoms with Crippen molar-refractivity contribution in [2.24, 2.45) is 0 Å². The van der Waals surface area contributed by atoms with E-state index in [1.165, 1.54) is 33.0 Å². The molecule has 0 aliphatic heterocycles. The molecule has 0 bridgehead atoms. The lowest BCUT2D eigenvalue weighted by atomic mass is 9.89. The molecule has 4 nitrogen and oxygen atoms in total. The van der Waals surface area contributed by atoms with Gasteiger partial charge in [-0.3, -0.25) is 0 Å². The number of hydrogen-bond acceptors (Lipinski definition) is 2. The number of benzene rings is 7. The molecule has 0 saturated carbocycles. The number of fused-ring (bicyclic) bond motifs is 7. The summed E-state index contributed by atoms with van der Waals surface area (Å²) in [6, 6.07) is 61.3. The fourth-order valence-electron chi connectivity index (χ4n) is 8.17. The first-order valence-electron chi connectivity index (χ1n) is 17.5. The maximum Gasteiger partial charge on any atom is 0.238 e. The molecule has 1 aliphatic carbocycles. The van der Waals surface area contributed by atoms with Crippen molar-refractivity contribution in [1.82, 2.24) is 14.5 Å². The number of rotatable bonds is 5. The Morgan fingerprint density at radius 1 is 0.500 bits per heavy atom. The first-order chi connectivity index (χ1) is 25.8. The van der Waals surface area contributed by atoms with Gasteiger partial charge in [0, 0.05) is 27.9 Å². The molecule has 0 N–H and O–H groups in total. The highest BCUT2D eigenvalue weighted by Crippen LogP contribution is 2.55. The van der Waals surface area contributed by atoms with Gasteiger partial charge in [0.05, 0.1) is 29.0 Å². The van der Waals surface area contributed by atoms with Crippen LogP contribution in [0.25, 0.3) is 77.4 Å². The average Bonchev–Trinajstić information content (AvgIpc) is 3.74. The zero-order valence-electron chi connectivity index (χ0n) is 28.1. The molecule has 2 aromatic heterocycles. The summed E-state index contributed by atoms with van der Waals surface area (Å²) < 4.78 is 2.38. The van der Waals surface area contributed by atoms with Crippen molar-refractivity contribution in [3.63, 3.8) is 0 Å². The van der Waals surface area contributed by atoms with E-state index in [2.05, 4.69) is 125 Å². The van der Waals surface area contributed by atoms with E-state index < -0.39 is 0 Å². The second-order valence-corrected chi connectivity index (χ2v) is 13.2. The van der Waals surface area contributed by atoms with Crippen molar-refractivity contribution in [3.05, 3.63) is 204 Å². The van der Waals surface area contributed by atoms with Gasteiger partial charge in [-0.15, -0.1) is 0 Å². The van der Waals surface area contributed by atoms with Crippen LogP contribution in [0.15, 0.2) is 176 Å². The van der Waals surface area contributed by atoms with Crippen molar-refractivity contribution in [2.45, 2.75) is 5.92 Å². The second kappa shape index (κ2) is 12.1. The van der Waals surface area contributed by atoms with Gasteiger partial charge in [0.25, 0.3) is 0 Å². The summed E-state index contributed by atoms with van der Waals surface area (Å²) >= 11 is 0. The third-order valence-electron chi connectivity index (χ3n) is 10.3. The number of hydrogen-bond donors (Lipinski definition) is 0. The smallest absolute Gasteiger partial charge is 0.238 e. The van der Waals surface area contributed by atoms with Crippen molar-refractivity contribution in [2.75, 3.05) is 0 Å². The van der Waals surface area contributed by atoms with E-state index in [0.29, 0.717) is 22.9 Å². The van der Waals surface area contributed by atoms with Crippen LogP contribution in [-0.4, -0.2) is 14.5 Å². The van der Waals surface area contributed by atoms with Gasteiger partial charge in [0.15, 0.2) is 5.82 Å². The van der Waals surface area contributed by atoms with Crippen LogP contribution in [0.3, 0.4) is 0 Å². The SMILES string of the molecule is [C-]#[N+]c1c(-c2ccccc2)nc(-c2cccc3c2-c2c(ccc4c2c2ccccc2n4-c2ccccc2)C3c2ccccc2)nc1-c1ccccc1. The highest BCUT2D eigenvalue weighted by molar-refractivity contribution is 6.19. The summed E-state index contributed by atoms with van der Waals surface area (Å²) in [7, 11) is 0. The molecule has 52 heavy (non-hydrogen) atoms. The third-order valence-corrected chi connectivity index (χ3v) is 10.3. The Labute approximate surface area is 301 Å². The van der Waals surface area contributed by atoms with Crippen LogP contribution in [0, 0.1) is 6.57 Å². The average molecular weight is 663 g/mol. The van der Waals surface area contributed by atoms with E-state index in [1.54, 1.807) is 0 Å². The van der Waals surface area contributed by atoms with Crippen molar-refractivity contribution in [3.8, 4) is 50.7 Å². The molecule has 7 aromatic carbocycles. The lowest BCUT2D eigenvalue weighted by Gasteiger charge is -2.16. The molecule has 1 unspecified atom stereocenters. The summed E-state index contributed by atoms with van der Waals surface area (Å²) in [6.07, 6.45) is 0. The Morgan fingerprint density at radius 3 is 1.73 bits per heavy atom. The molecular weight excluding hydrogens is 633 g/mol. The Hall–Kier alpha value is -7.09. The first kappa shape index (κ1) is 29.8. The molecule has 0 amide bonds. The van der Waals surface area contributed by atoms with E-state index in [4.69, 9.17) is 16.5 Å². The van der Waals surface area contributed by atoms with E-state index >= 15 is 0 Å². The standard InChI is InChI=1S/C48H30N4/c1-49-47-45(32-19-8-3-9-20-32)50-48(51-46(47)33-21-10-4-11-22-33)38-27-16-26-36-41(31-17-6-2-7-18-31)37-29-30-40-43(44(37)42(36)38)35-25-14-15-28-39(35)52(40)34-23-12-5-13-24-34/h2-30,41H. The van der Waals surface area contributed by atoms with Crippen LogP contribution in [0.5, 0.6) is 0 Å². The fraction of sp³-hybridized carbons (Fsp3) is 0.0208. The number of para-hydroxylation sites is 2. The minimum Gasteiger partial charge on any atom is -0.309 e. The second-order valence-electron chi connectivity index (χ2n) is 13.2. The van der Waals surface area contributed by atoms with Crippen LogP contribution < -0.4 is 0 Å². The van der Waals surface area contributed by atoms with Crippen molar-refractivity contribution < 1.29 is 0 Å². The lowest BCUT2D eigenvalue weighted by Crippen LogP contribution is -2.00. The lowest BCUT2D eigenvalue weighted by molar-refractivity contribution is 1.02. The van der Waals surface area contributed by atoms with Gasteiger partial charge in [-0.05, 0) is 63.2 Å². The Morgan fingerprint density at radius 2 is 1.08 bits per heavy atom. The maximum atomic E-state index is 8.32. The third kappa shape index (κ3) is 4.54. The van der Waals surface area contributed by atoms with Gasteiger partial charge in [-0.1, -0.05) is 152 Å². The summed E-state index contributed by atoms with van der Waals surface area (Å²) in [4.78, 5) is 14.6. The minimum absolute atomic E-state index is 0.0269. The summed E-state index contributed by atoms with van der Waals surface area (Å²) in [5.74, 6) is 0.629. The van der Waals surface area contributed by atoms with E-state index in [9.17, 15) is 0 Å². The molecule has 1 atom stereocenters. The predicted molar refractivity (Wildman–Crippen MR) is 212 cm³/mol. The largest absolute Gasteiger partial charge is 0.309 e. The predicted octanol–water partition coefficient (Wildman–Crippen LogP) is 12.3. The van der Waals surface area contributed by atoms with Crippen LogP contribution in [0.1, 0.15) is 22.6 Å². The highest BCUT2D eigenvalue weighted by Gasteiger charge is 2.35. The quantitative estimate of drug-likeness (QED) is 0.172. The van der Waals surface area contributed by atoms with Gasteiger partial charge in [-0.25, -0.2) is 14.8 Å². The molecule has 4 heteroatoms.